The molecule has 0 bridgehead atoms. The zero-order valence-corrected chi connectivity index (χ0v) is 31.3. The van der Waals surface area contributed by atoms with Gasteiger partial charge in [0.2, 0.25) is 5.91 Å². The van der Waals surface area contributed by atoms with Crippen LogP contribution in [0, 0.1) is 11.8 Å². The van der Waals surface area contributed by atoms with Crippen LogP contribution in [-0.4, -0.2) is 22.7 Å². The molecule has 1 unspecified atom stereocenters. The van der Waals surface area contributed by atoms with Crippen LogP contribution in [0.15, 0.2) is 144 Å². The predicted molar refractivity (Wildman–Crippen MR) is 216 cm³/mol. The summed E-state index contributed by atoms with van der Waals surface area (Å²) in [7, 11) is 0. The van der Waals surface area contributed by atoms with Crippen molar-refractivity contribution in [3.05, 3.63) is 157 Å². The van der Waals surface area contributed by atoms with E-state index < -0.39 is 23.9 Å². The molecule has 3 amide bonds. The number of pyridine rings is 1. The normalized spacial score (nSPS) is 17.5. The molecule has 7 rings (SSSR count). The summed E-state index contributed by atoms with van der Waals surface area (Å²) in [5, 5.41) is 6.25. The van der Waals surface area contributed by atoms with Crippen molar-refractivity contribution in [1.82, 2.24) is 15.6 Å². The molecular formula is C47H50N4O4. The third-order valence-corrected chi connectivity index (χ3v) is 11.0. The van der Waals surface area contributed by atoms with Gasteiger partial charge in [0.1, 0.15) is 12.1 Å². The summed E-state index contributed by atoms with van der Waals surface area (Å²) in [6, 6.07) is 31.2. The van der Waals surface area contributed by atoms with Crippen molar-refractivity contribution < 1.29 is 18.8 Å². The first kappa shape index (κ1) is 37.6. The number of amides is 3. The SMILES string of the molecule is O=C(NC1=CCC(CC2CCCCCCCC2)C1)[C@H](NC(=O)[C@@H](c1cccnc1)N(C(=O)c1ccco1)c1ccc(-c2ccccc2)cc1)c1ccccc1. The molecule has 2 aromatic heterocycles. The lowest BCUT2D eigenvalue weighted by Gasteiger charge is -2.32. The monoisotopic (exact) mass is 734 g/mol. The number of benzene rings is 3. The van der Waals surface area contributed by atoms with E-state index in [1.807, 2.05) is 84.9 Å². The second-order valence-electron chi connectivity index (χ2n) is 14.9. The van der Waals surface area contributed by atoms with Crippen LogP contribution in [0.1, 0.15) is 104 Å². The van der Waals surface area contributed by atoms with Crippen LogP contribution >= 0.6 is 0 Å². The second-order valence-corrected chi connectivity index (χ2v) is 14.9. The van der Waals surface area contributed by atoms with Crippen LogP contribution < -0.4 is 15.5 Å². The van der Waals surface area contributed by atoms with Crippen molar-refractivity contribution in [1.29, 1.82) is 0 Å². The van der Waals surface area contributed by atoms with Crippen LogP contribution in [0.4, 0.5) is 5.69 Å². The van der Waals surface area contributed by atoms with Crippen molar-refractivity contribution in [3.8, 4) is 11.1 Å². The molecule has 8 nitrogen and oxygen atoms in total. The molecule has 3 aromatic carbocycles. The number of furan rings is 1. The van der Waals surface area contributed by atoms with Gasteiger partial charge in [-0.1, -0.05) is 136 Å². The first-order chi connectivity index (χ1) is 27.0. The zero-order chi connectivity index (χ0) is 37.8. The quantitative estimate of drug-likeness (QED) is 0.133. The first-order valence-corrected chi connectivity index (χ1v) is 19.8. The maximum absolute atomic E-state index is 14.8. The highest BCUT2D eigenvalue weighted by Crippen LogP contribution is 2.35. The molecule has 2 aliphatic carbocycles. The van der Waals surface area contributed by atoms with Gasteiger partial charge in [0.25, 0.3) is 11.8 Å². The smallest absolute Gasteiger partial charge is 0.294 e. The largest absolute Gasteiger partial charge is 0.459 e. The number of carbonyl (C=O) groups is 3. The van der Waals surface area contributed by atoms with Gasteiger partial charge in [-0.25, -0.2) is 0 Å². The van der Waals surface area contributed by atoms with Gasteiger partial charge in [0.05, 0.1) is 6.26 Å². The number of nitrogens with one attached hydrogen (secondary N) is 2. The maximum Gasteiger partial charge on any atom is 0.294 e. The van der Waals surface area contributed by atoms with Crippen LogP contribution in [0.5, 0.6) is 0 Å². The maximum atomic E-state index is 14.8. The molecule has 0 radical (unpaired) electrons. The fourth-order valence-electron chi connectivity index (χ4n) is 8.19. The number of hydrogen-bond acceptors (Lipinski definition) is 5. The summed E-state index contributed by atoms with van der Waals surface area (Å²) < 4.78 is 5.58. The zero-order valence-electron chi connectivity index (χ0n) is 31.3. The molecule has 2 heterocycles. The summed E-state index contributed by atoms with van der Waals surface area (Å²) in [5.41, 5.74) is 4.48. The van der Waals surface area contributed by atoms with Gasteiger partial charge < -0.3 is 15.1 Å². The van der Waals surface area contributed by atoms with Crippen LogP contribution in [-0.2, 0) is 9.59 Å². The van der Waals surface area contributed by atoms with E-state index in [1.54, 1.807) is 36.7 Å². The van der Waals surface area contributed by atoms with Gasteiger partial charge >= 0.3 is 0 Å². The molecular weight excluding hydrogens is 685 g/mol. The number of carbonyl (C=O) groups excluding carboxylic acids is 3. The van der Waals surface area contributed by atoms with Gasteiger partial charge in [-0.15, -0.1) is 0 Å². The van der Waals surface area contributed by atoms with Crippen molar-refractivity contribution in [2.45, 2.75) is 82.7 Å². The fraction of sp³-hybridized carbons (Fsp3) is 0.319. The van der Waals surface area contributed by atoms with Crippen LogP contribution in [0.3, 0.4) is 0 Å². The fourth-order valence-corrected chi connectivity index (χ4v) is 8.19. The topological polar surface area (TPSA) is 105 Å². The third kappa shape index (κ3) is 9.68. The number of rotatable bonds is 12. The average molecular weight is 735 g/mol. The van der Waals surface area contributed by atoms with Crippen molar-refractivity contribution in [2.24, 2.45) is 11.8 Å². The van der Waals surface area contributed by atoms with E-state index in [4.69, 9.17) is 4.42 Å². The number of allylic oxidation sites excluding steroid dienone is 2. The van der Waals surface area contributed by atoms with Gasteiger partial charge in [-0.3, -0.25) is 24.3 Å². The summed E-state index contributed by atoms with van der Waals surface area (Å²) >= 11 is 0. The lowest BCUT2D eigenvalue weighted by molar-refractivity contribution is -0.129. The summed E-state index contributed by atoms with van der Waals surface area (Å²) in [6.07, 6.45) is 20.4. The lowest BCUT2D eigenvalue weighted by atomic mass is 9.86. The van der Waals surface area contributed by atoms with E-state index in [2.05, 4.69) is 21.7 Å². The van der Waals surface area contributed by atoms with Gasteiger partial charge in [-0.2, -0.15) is 0 Å². The number of anilines is 1. The Hall–Kier alpha value is -5.76. The average Bonchev–Trinajstić information content (AvgIpc) is 3.95. The Morgan fingerprint density at radius 2 is 1.38 bits per heavy atom. The van der Waals surface area contributed by atoms with Crippen molar-refractivity contribution >= 4 is 23.4 Å². The van der Waals surface area contributed by atoms with Gasteiger partial charge in [-0.05, 0) is 78.1 Å². The van der Waals surface area contributed by atoms with E-state index in [9.17, 15) is 14.4 Å². The Morgan fingerprint density at radius 1 is 0.709 bits per heavy atom. The molecule has 0 aliphatic heterocycles. The highest BCUT2D eigenvalue weighted by molar-refractivity contribution is 6.09. The molecule has 5 aromatic rings. The predicted octanol–water partition coefficient (Wildman–Crippen LogP) is 10.1. The molecule has 8 heteroatoms. The van der Waals surface area contributed by atoms with E-state index in [1.165, 1.54) is 69.0 Å². The minimum Gasteiger partial charge on any atom is -0.459 e. The first-order valence-electron chi connectivity index (χ1n) is 19.8. The Kier molecular flexibility index (Phi) is 12.6. The molecule has 2 N–H and O–H groups in total. The highest BCUT2D eigenvalue weighted by Gasteiger charge is 2.37. The number of nitrogens with zero attached hydrogens (tertiary/aromatic N) is 2. The van der Waals surface area contributed by atoms with E-state index in [0.29, 0.717) is 22.7 Å². The minimum atomic E-state index is -1.20. The standard InChI is InChI=1S/C47H50N4O4/c52-45(49-40-26-23-35(32-40)31-34-15-7-3-1-2-4-8-16-34)43(38-19-11-6-12-20-38)50-46(53)44(39-21-13-29-48-33-39)51(47(54)42-22-14-30-55-42)41-27-24-37(25-28-41)36-17-9-5-10-18-36/h5-6,9-14,17-22,24-30,33-35,43-44H,1-4,7-8,15-16,23,31-32H2,(H,49,52)(H,50,53)/t35?,43-,44-/m1/s1. The Bertz CT molecular complexity index is 2000. The number of hydrogen-bond donors (Lipinski definition) is 2. The Labute approximate surface area is 324 Å². The Morgan fingerprint density at radius 3 is 2.05 bits per heavy atom. The third-order valence-electron chi connectivity index (χ3n) is 11.0. The van der Waals surface area contributed by atoms with Crippen molar-refractivity contribution in [2.75, 3.05) is 4.90 Å². The molecule has 282 valence electrons. The molecule has 55 heavy (non-hydrogen) atoms. The van der Waals surface area contributed by atoms with Gasteiger partial charge in [0, 0.05) is 29.3 Å². The van der Waals surface area contributed by atoms with E-state index in [0.717, 1.165) is 35.6 Å². The second kappa shape index (κ2) is 18.5. The van der Waals surface area contributed by atoms with Crippen LogP contribution in [0.25, 0.3) is 11.1 Å². The number of aromatic nitrogens is 1. The van der Waals surface area contributed by atoms with E-state index in [-0.39, 0.29) is 11.7 Å². The van der Waals surface area contributed by atoms with Crippen molar-refractivity contribution in [3.63, 3.8) is 0 Å². The molecule has 0 saturated heterocycles. The molecule has 0 spiro atoms. The highest BCUT2D eigenvalue weighted by atomic mass is 16.3. The summed E-state index contributed by atoms with van der Waals surface area (Å²) in [4.78, 5) is 49.2. The molecule has 1 fully saturated rings. The summed E-state index contributed by atoms with van der Waals surface area (Å²) in [6.45, 7) is 0. The van der Waals surface area contributed by atoms with Gasteiger partial charge in [0.15, 0.2) is 5.76 Å². The van der Waals surface area contributed by atoms with Crippen LogP contribution in [0.2, 0.25) is 0 Å². The van der Waals surface area contributed by atoms with E-state index >= 15 is 0 Å². The molecule has 3 atom stereocenters. The lowest BCUT2D eigenvalue weighted by Crippen LogP contribution is -2.47. The summed E-state index contributed by atoms with van der Waals surface area (Å²) in [5.74, 6) is -0.0468. The molecule has 1 saturated carbocycles. The molecule has 2 aliphatic rings. The minimum absolute atomic E-state index is 0.0730. The Balaban J connectivity index is 1.15.